The number of nitrogen functional groups attached to an aromatic ring is 1. The third-order valence-corrected chi connectivity index (χ3v) is 6.15. The minimum atomic E-state index is -0.584. The number of pyridine rings is 3. The van der Waals surface area contributed by atoms with E-state index in [2.05, 4.69) is 34.1 Å². The van der Waals surface area contributed by atoms with Gasteiger partial charge in [0.25, 0.3) is 0 Å². The molecule has 40 heavy (non-hydrogen) atoms. The molecule has 0 fully saturated rings. The number of nitrogens with zero attached hydrogens (tertiary/aromatic N) is 3. The van der Waals surface area contributed by atoms with Crippen LogP contribution in [-0.2, 0) is 4.74 Å². The molecular formula is C30H37N5O5. The Morgan fingerprint density at radius 1 is 0.975 bits per heavy atom. The van der Waals surface area contributed by atoms with Gasteiger partial charge in [-0.15, -0.1) is 0 Å². The minimum Gasteiger partial charge on any atom is -0.493 e. The molecule has 0 spiro atoms. The van der Waals surface area contributed by atoms with Crippen LogP contribution in [0.5, 0.6) is 17.2 Å². The molecule has 0 saturated heterocycles. The number of methoxy groups -OCH3 is 2. The largest absolute Gasteiger partial charge is 0.493 e. The summed E-state index contributed by atoms with van der Waals surface area (Å²) in [4.78, 5) is 25.9. The van der Waals surface area contributed by atoms with Crippen LogP contribution in [0.25, 0.3) is 32.9 Å². The lowest BCUT2D eigenvalue weighted by molar-refractivity contribution is 0.0480. The van der Waals surface area contributed by atoms with Crippen LogP contribution in [0.1, 0.15) is 41.0 Å². The Kier molecular flexibility index (Phi) is 8.46. The third-order valence-electron chi connectivity index (χ3n) is 6.15. The highest BCUT2D eigenvalue weighted by atomic mass is 16.6. The summed E-state index contributed by atoms with van der Waals surface area (Å²) in [7, 11) is 3.18. The van der Waals surface area contributed by atoms with E-state index in [4.69, 9.17) is 24.7 Å². The molecule has 10 nitrogen and oxygen atoms in total. The highest BCUT2D eigenvalue weighted by Crippen LogP contribution is 2.37. The molecule has 10 heteroatoms. The zero-order valence-corrected chi connectivity index (χ0v) is 24.1. The topological polar surface area (TPSA) is 131 Å². The molecule has 0 aliphatic heterocycles. The molecule has 3 heterocycles. The Bertz CT molecular complexity index is 1520. The van der Waals surface area contributed by atoms with Gasteiger partial charge in [0, 0.05) is 34.8 Å². The number of anilines is 1. The standard InChI is InChI=1S/C30H37N5O5/c1-17(2)8-19(34-29(36)40-30(3,4)5)16-39-20-9-18(13-32-14-20)24-10-21-22-11-26(37-6)27(38-7)12-25(22)33-15-23(21)28(31)35-24/h9-15,17,19H,8,16H2,1-7H3,(H2,31,35)(H,34,36)/t19-/m0/s1. The summed E-state index contributed by atoms with van der Waals surface area (Å²) in [6.45, 7) is 9.93. The molecule has 3 aromatic heterocycles. The molecule has 0 saturated carbocycles. The Balaban J connectivity index is 1.62. The smallest absolute Gasteiger partial charge is 0.407 e. The number of ether oxygens (including phenoxy) is 4. The maximum atomic E-state index is 12.4. The van der Waals surface area contributed by atoms with Crippen LogP contribution < -0.4 is 25.3 Å². The van der Waals surface area contributed by atoms with Crippen LogP contribution >= 0.6 is 0 Å². The predicted octanol–water partition coefficient (Wildman–Crippen LogP) is 5.76. The molecule has 0 radical (unpaired) electrons. The molecule has 4 aromatic rings. The van der Waals surface area contributed by atoms with Gasteiger partial charge in [-0.1, -0.05) is 13.8 Å². The quantitative estimate of drug-likeness (QED) is 0.251. The number of rotatable bonds is 9. The van der Waals surface area contributed by atoms with E-state index < -0.39 is 11.7 Å². The van der Waals surface area contributed by atoms with Crippen molar-refractivity contribution in [2.45, 2.75) is 52.7 Å². The van der Waals surface area contributed by atoms with Gasteiger partial charge in [-0.05, 0) is 56.7 Å². The van der Waals surface area contributed by atoms with Gasteiger partial charge in [-0.2, -0.15) is 0 Å². The maximum Gasteiger partial charge on any atom is 0.407 e. The number of aromatic nitrogens is 3. The molecule has 4 rings (SSSR count). The van der Waals surface area contributed by atoms with E-state index in [1.807, 2.05) is 45.0 Å². The zero-order valence-electron chi connectivity index (χ0n) is 24.1. The number of benzene rings is 1. The molecule has 0 aliphatic carbocycles. The summed E-state index contributed by atoms with van der Waals surface area (Å²) >= 11 is 0. The first-order chi connectivity index (χ1) is 19.0. The van der Waals surface area contributed by atoms with Gasteiger partial charge in [0.1, 0.15) is 23.8 Å². The van der Waals surface area contributed by atoms with E-state index in [0.29, 0.717) is 34.7 Å². The summed E-state index contributed by atoms with van der Waals surface area (Å²) in [5, 5.41) is 5.38. The monoisotopic (exact) mass is 547 g/mol. The number of nitrogens with two attached hydrogens (primary N) is 1. The number of carbonyl (C=O) groups excluding carboxylic acids is 1. The normalized spacial score (nSPS) is 12.4. The van der Waals surface area contributed by atoms with Crippen LogP contribution in [-0.4, -0.2) is 53.5 Å². The highest BCUT2D eigenvalue weighted by molar-refractivity contribution is 6.10. The van der Waals surface area contributed by atoms with Gasteiger partial charge in [0.05, 0.1) is 37.7 Å². The second-order valence-corrected chi connectivity index (χ2v) is 11.0. The van der Waals surface area contributed by atoms with Crippen molar-refractivity contribution in [3.8, 4) is 28.5 Å². The van der Waals surface area contributed by atoms with Crippen LogP contribution in [0.15, 0.2) is 42.9 Å². The fraction of sp³-hybridized carbons (Fsp3) is 0.400. The molecule has 0 bridgehead atoms. The molecule has 0 aliphatic rings. The van der Waals surface area contributed by atoms with Crippen LogP contribution in [0.3, 0.4) is 0 Å². The third kappa shape index (κ3) is 6.80. The highest BCUT2D eigenvalue weighted by Gasteiger charge is 2.21. The van der Waals surface area contributed by atoms with Crippen molar-refractivity contribution in [1.29, 1.82) is 0 Å². The fourth-order valence-electron chi connectivity index (χ4n) is 4.45. The number of fused-ring (bicyclic) bond motifs is 3. The first kappa shape index (κ1) is 28.7. The molecule has 212 valence electrons. The molecular weight excluding hydrogens is 510 g/mol. The summed E-state index contributed by atoms with van der Waals surface area (Å²) in [5.41, 5.74) is 7.90. The average Bonchev–Trinajstić information content (AvgIpc) is 2.89. The number of carbonyl (C=O) groups is 1. The van der Waals surface area contributed by atoms with Gasteiger partial charge < -0.3 is 30.0 Å². The van der Waals surface area contributed by atoms with Crippen molar-refractivity contribution in [2.75, 3.05) is 26.6 Å². The lowest BCUT2D eigenvalue weighted by Crippen LogP contribution is -2.42. The van der Waals surface area contributed by atoms with Gasteiger partial charge in [-0.25, -0.2) is 9.78 Å². The molecule has 1 aromatic carbocycles. The maximum absolute atomic E-state index is 12.4. The number of nitrogens with one attached hydrogen (secondary N) is 1. The van der Waals surface area contributed by atoms with Gasteiger partial charge in [-0.3, -0.25) is 9.97 Å². The zero-order chi connectivity index (χ0) is 29.0. The number of amides is 1. The minimum absolute atomic E-state index is 0.237. The second kappa shape index (κ2) is 11.8. The fourth-order valence-corrected chi connectivity index (χ4v) is 4.45. The summed E-state index contributed by atoms with van der Waals surface area (Å²) in [5.74, 6) is 2.43. The SMILES string of the molecule is COc1cc2ncc3c(N)nc(-c4cncc(OC[C@H](CC(C)C)NC(=O)OC(C)(C)C)c4)cc3c2cc1OC. The Morgan fingerprint density at radius 2 is 1.70 bits per heavy atom. The number of hydrogen-bond donors (Lipinski definition) is 2. The van der Waals surface area contributed by atoms with Crippen molar-refractivity contribution in [3.63, 3.8) is 0 Å². The van der Waals surface area contributed by atoms with E-state index in [1.54, 1.807) is 32.8 Å². The van der Waals surface area contributed by atoms with Crippen molar-refractivity contribution in [2.24, 2.45) is 5.92 Å². The Morgan fingerprint density at radius 3 is 2.38 bits per heavy atom. The Labute approximate surface area is 234 Å². The van der Waals surface area contributed by atoms with Gasteiger partial charge >= 0.3 is 6.09 Å². The van der Waals surface area contributed by atoms with Crippen LogP contribution in [0.4, 0.5) is 10.6 Å². The predicted molar refractivity (Wildman–Crippen MR) is 156 cm³/mol. The summed E-state index contributed by atoms with van der Waals surface area (Å²) in [6.07, 6.45) is 5.30. The van der Waals surface area contributed by atoms with Crippen molar-refractivity contribution < 1.29 is 23.7 Å². The first-order valence-electron chi connectivity index (χ1n) is 13.2. The second-order valence-electron chi connectivity index (χ2n) is 11.0. The van der Waals surface area contributed by atoms with Gasteiger partial charge in [0.2, 0.25) is 0 Å². The first-order valence-corrected chi connectivity index (χ1v) is 13.2. The lowest BCUT2D eigenvalue weighted by Gasteiger charge is -2.24. The molecule has 1 atom stereocenters. The van der Waals surface area contributed by atoms with Crippen molar-refractivity contribution >= 4 is 33.6 Å². The van der Waals surface area contributed by atoms with E-state index in [-0.39, 0.29) is 12.6 Å². The number of hydrogen-bond acceptors (Lipinski definition) is 9. The van der Waals surface area contributed by atoms with E-state index in [0.717, 1.165) is 33.7 Å². The molecule has 0 unspecified atom stereocenters. The summed E-state index contributed by atoms with van der Waals surface area (Å²) < 4.78 is 22.4. The molecule has 3 N–H and O–H groups in total. The van der Waals surface area contributed by atoms with Crippen LogP contribution in [0.2, 0.25) is 0 Å². The summed E-state index contributed by atoms with van der Waals surface area (Å²) in [6, 6.07) is 7.29. The van der Waals surface area contributed by atoms with Crippen molar-refractivity contribution in [1.82, 2.24) is 20.3 Å². The Hall–Kier alpha value is -4.34. The molecule has 1 amide bonds. The van der Waals surface area contributed by atoms with Crippen molar-refractivity contribution in [3.05, 3.63) is 42.9 Å². The lowest BCUT2D eigenvalue weighted by atomic mass is 10.0. The van der Waals surface area contributed by atoms with E-state index in [1.165, 1.54) is 0 Å². The van der Waals surface area contributed by atoms with E-state index in [9.17, 15) is 4.79 Å². The van der Waals surface area contributed by atoms with E-state index >= 15 is 0 Å². The number of alkyl carbamates (subject to hydrolysis) is 1. The average molecular weight is 548 g/mol. The van der Waals surface area contributed by atoms with Gasteiger partial charge in [0.15, 0.2) is 11.5 Å². The van der Waals surface area contributed by atoms with Crippen LogP contribution in [0, 0.1) is 5.92 Å².